The molecule has 1 N–H and O–H groups in total. The second kappa shape index (κ2) is 7.20. The van der Waals surface area contributed by atoms with Gasteiger partial charge in [-0.25, -0.2) is 4.98 Å². The predicted octanol–water partition coefficient (Wildman–Crippen LogP) is 1.80. The van der Waals surface area contributed by atoms with Crippen molar-refractivity contribution in [3.63, 3.8) is 0 Å². The zero-order valence-corrected chi connectivity index (χ0v) is 10.5. The van der Waals surface area contributed by atoms with E-state index in [0.717, 1.165) is 11.4 Å². The zero-order valence-electron chi connectivity index (χ0n) is 10.5. The normalized spacial score (nSPS) is 10.1. The van der Waals surface area contributed by atoms with Crippen LogP contribution in [-0.4, -0.2) is 24.0 Å². The standard InChI is InChI=1S/C14H16N2O3/c17-14(15-8-6-12-10-18-11-16-12)7-9-19-13-4-2-1-3-5-13/h1-5,10-11H,6-9H2,(H,15,17). The van der Waals surface area contributed by atoms with E-state index >= 15 is 0 Å². The van der Waals surface area contributed by atoms with Gasteiger partial charge in [-0.05, 0) is 12.1 Å². The summed E-state index contributed by atoms with van der Waals surface area (Å²) >= 11 is 0. The van der Waals surface area contributed by atoms with Crippen molar-refractivity contribution in [2.45, 2.75) is 12.8 Å². The van der Waals surface area contributed by atoms with Crippen LogP contribution in [0.3, 0.4) is 0 Å². The van der Waals surface area contributed by atoms with Gasteiger partial charge in [0.05, 0.1) is 18.7 Å². The number of nitrogens with one attached hydrogen (secondary N) is 1. The van der Waals surface area contributed by atoms with Crippen molar-refractivity contribution in [3.05, 3.63) is 48.7 Å². The Morgan fingerprint density at radius 2 is 2.16 bits per heavy atom. The summed E-state index contributed by atoms with van der Waals surface area (Å²) in [6, 6.07) is 9.44. The molecule has 0 aliphatic rings. The lowest BCUT2D eigenvalue weighted by Gasteiger charge is -2.06. The number of rotatable bonds is 7. The van der Waals surface area contributed by atoms with E-state index in [-0.39, 0.29) is 5.91 Å². The lowest BCUT2D eigenvalue weighted by atomic mass is 10.3. The number of hydrogen-bond acceptors (Lipinski definition) is 4. The quantitative estimate of drug-likeness (QED) is 0.824. The van der Waals surface area contributed by atoms with Crippen molar-refractivity contribution in [3.8, 4) is 5.75 Å². The summed E-state index contributed by atoms with van der Waals surface area (Å²) in [5.41, 5.74) is 0.834. The van der Waals surface area contributed by atoms with Gasteiger partial charge in [0.25, 0.3) is 0 Å². The van der Waals surface area contributed by atoms with Crippen LogP contribution in [0, 0.1) is 0 Å². The van der Waals surface area contributed by atoms with Crippen molar-refractivity contribution in [2.24, 2.45) is 0 Å². The third-order valence-corrected chi connectivity index (χ3v) is 2.53. The summed E-state index contributed by atoms with van der Waals surface area (Å²) in [6.07, 6.45) is 3.96. The molecule has 0 radical (unpaired) electrons. The van der Waals surface area contributed by atoms with E-state index in [0.29, 0.717) is 26.0 Å². The molecule has 2 rings (SSSR count). The lowest BCUT2D eigenvalue weighted by Crippen LogP contribution is -2.27. The van der Waals surface area contributed by atoms with Gasteiger partial charge in [-0.1, -0.05) is 18.2 Å². The largest absolute Gasteiger partial charge is 0.493 e. The van der Waals surface area contributed by atoms with Gasteiger partial charge in [-0.15, -0.1) is 0 Å². The number of nitrogens with zero attached hydrogens (tertiary/aromatic N) is 1. The molecule has 1 amide bonds. The molecule has 0 aliphatic carbocycles. The predicted molar refractivity (Wildman–Crippen MR) is 69.8 cm³/mol. The first-order valence-electron chi connectivity index (χ1n) is 6.16. The molecule has 5 heteroatoms. The van der Waals surface area contributed by atoms with E-state index in [4.69, 9.17) is 9.15 Å². The Morgan fingerprint density at radius 1 is 1.32 bits per heavy atom. The Hall–Kier alpha value is -2.30. The number of carbonyl (C=O) groups is 1. The van der Waals surface area contributed by atoms with E-state index in [1.54, 1.807) is 6.26 Å². The van der Waals surface area contributed by atoms with Crippen molar-refractivity contribution in [1.82, 2.24) is 10.3 Å². The number of para-hydroxylation sites is 1. The number of hydrogen-bond donors (Lipinski definition) is 1. The van der Waals surface area contributed by atoms with Crippen molar-refractivity contribution >= 4 is 5.91 Å². The Balaban J connectivity index is 1.57. The van der Waals surface area contributed by atoms with E-state index in [2.05, 4.69) is 10.3 Å². The van der Waals surface area contributed by atoms with Crippen LogP contribution in [0.25, 0.3) is 0 Å². The molecule has 0 bridgehead atoms. The fraction of sp³-hybridized carbons (Fsp3) is 0.286. The summed E-state index contributed by atoms with van der Waals surface area (Å²) < 4.78 is 10.3. The highest BCUT2D eigenvalue weighted by Gasteiger charge is 2.02. The van der Waals surface area contributed by atoms with Crippen LogP contribution in [0.2, 0.25) is 0 Å². The van der Waals surface area contributed by atoms with Crippen LogP contribution in [0.5, 0.6) is 5.75 Å². The maximum Gasteiger partial charge on any atom is 0.223 e. The minimum Gasteiger partial charge on any atom is -0.493 e. The Labute approximate surface area is 111 Å². The van der Waals surface area contributed by atoms with Crippen LogP contribution in [-0.2, 0) is 11.2 Å². The molecular weight excluding hydrogens is 244 g/mol. The fourth-order valence-electron chi connectivity index (χ4n) is 1.56. The number of oxazole rings is 1. The van der Waals surface area contributed by atoms with Gasteiger partial charge in [0.15, 0.2) is 6.39 Å². The topological polar surface area (TPSA) is 64.4 Å². The maximum absolute atomic E-state index is 11.5. The SMILES string of the molecule is O=C(CCOc1ccccc1)NCCc1cocn1. The third kappa shape index (κ3) is 4.83. The fourth-order valence-corrected chi connectivity index (χ4v) is 1.56. The molecule has 0 aliphatic heterocycles. The molecule has 5 nitrogen and oxygen atoms in total. The molecule has 1 heterocycles. The summed E-state index contributed by atoms with van der Waals surface area (Å²) in [5, 5.41) is 2.81. The number of ether oxygens (including phenoxy) is 1. The highest BCUT2D eigenvalue weighted by atomic mass is 16.5. The monoisotopic (exact) mass is 260 g/mol. The Morgan fingerprint density at radius 3 is 2.89 bits per heavy atom. The van der Waals surface area contributed by atoms with Gasteiger partial charge < -0.3 is 14.5 Å². The summed E-state index contributed by atoms with van der Waals surface area (Å²) in [7, 11) is 0. The molecule has 2 aromatic rings. The minimum absolute atomic E-state index is 0.0283. The molecule has 0 unspecified atom stereocenters. The molecule has 19 heavy (non-hydrogen) atoms. The summed E-state index contributed by atoms with van der Waals surface area (Å²) in [5.74, 6) is 0.748. The third-order valence-electron chi connectivity index (χ3n) is 2.53. The molecule has 1 aromatic heterocycles. The molecular formula is C14H16N2O3. The van der Waals surface area contributed by atoms with Crippen molar-refractivity contribution in [1.29, 1.82) is 0 Å². The molecule has 1 aromatic carbocycles. The maximum atomic E-state index is 11.5. The van der Waals surface area contributed by atoms with Crippen LogP contribution >= 0.6 is 0 Å². The molecule has 0 fully saturated rings. The van der Waals surface area contributed by atoms with Crippen molar-refractivity contribution in [2.75, 3.05) is 13.2 Å². The first-order chi connectivity index (χ1) is 9.34. The van der Waals surface area contributed by atoms with Gasteiger partial charge in [-0.2, -0.15) is 0 Å². The number of benzene rings is 1. The molecule has 0 spiro atoms. The average molecular weight is 260 g/mol. The molecule has 0 atom stereocenters. The van der Waals surface area contributed by atoms with E-state index in [9.17, 15) is 4.79 Å². The number of aromatic nitrogens is 1. The van der Waals surface area contributed by atoms with Crippen LogP contribution < -0.4 is 10.1 Å². The van der Waals surface area contributed by atoms with E-state index in [1.165, 1.54) is 6.39 Å². The van der Waals surface area contributed by atoms with Gasteiger partial charge in [0.2, 0.25) is 5.91 Å². The summed E-state index contributed by atoms with van der Waals surface area (Å²) in [4.78, 5) is 15.5. The average Bonchev–Trinajstić information content (AvgIpc) is 2.93. The molecule has 100 valence electrons. The summed E-state index contributed by atoms with van der Waals surface area (Å²) in [6.45, 7) is 0.927. The van der Waals surface area contributed by atoms with E-state index in [1.807, 2.05) is 30.3 Å². The lowest BCUT2D eigenvalue weighted by molar-refractivity contribution is -0.121. The smallest absolute Gasteiger partial charge is 0.223 e. The van der Waals surface area contributed by atoms with Gasteiger partial charge in [-0.3, -0.25) is 4.79 Å². The highest BCUT2D eigenvalue weighted by molar-refractivity contribution is 5.75. The molecule has 0 saturated heterocycles. The minimum atomic E-state index is -0.0283. The van der Waals surface area contributed by atoms with Crippen LogP contribution in [0.1, 0.15) is 12.1 Å². The second-order valence-electron chi connectivity index (χ2n) is 3.99. The second-order valence-corrected chi connectivity index (χ2v) is 3.99. The van der Waals surface area contributed by atoms with Gasteiger partial charge in [0.1, 0.15) is 12.0 Å². The number of carbonyl (C=O) groups excluding carboxylic acids is 1. The zero-order chi connectivity index (χ0) is 13.3. The first kappa shape index (κ1) is 13.1. The first-order valence-corrected chi connectivity index (χ1v) is 6.16. The molecule has 0 saturated carbocycles. The van der Waals surface area contributed by atoms with Gasteiger partial charge in [0, 0.05) is 13.0 Å². The van der Waals surface area contributed by atoms with Crippen LogP contribution in [0.15, 0.2) is 47.4 Å². The van der Waals surface area contributed by atoms with Crippen molar-refractivity contribution < 1.29 is 13.9 Å². The Kier molecular flexibility index (Phi) is 4.98. The van der Waals surface area contributed by atoms with E-state index < -0.39 is 0 Å². The van der Waals surface area contributed by atoms with Crippen LogP contribution in [0.4, 0.5) is 0 Å². The Bertz CT molecular complexity index is 483. The highest BCUT2D eigenvalue weighted by Crippen LogP contribution is 2.08. The van der Waals surface area contributed by atoms with Gasteiger partial charge >= 0.3 is 0 Å². The number of amides is 1.